The Labute approximate surface area is 174 Å². The minimum absolute atomic E-state index is 0.0125. The van der Waals surface area contributed by atoms with Crippen LogP contribution in [-0.4, -0.2) is 48.3 Å². The largest absolute Gasteiger partial charge is 0.482 e. The normalized spacial score (nSPS) is 11.5. The molecule has 30 heavy (non-hydrogen) atoms. The van der Waals surface area contributed by atoms with Gasteiger partial charge in [0, 0.05) is 17.7 Å². The molecule has 0 saturated carbocycles. The van der Waals surface area contributed by atoms with E-state index in [1.807, 2.05) is 0 Å². The Bertz CT molecular complexity index is 957. The number of rotatable bonds is 9. The van der Waals surface area contributed by atoms with Gasteiger partial charge in [0.05, 0.1) is 18.4 Å². The van der Waals surface area contributed by atoms with Crippen LogP contribution in [0.5, 0.6) is 5.75 Å². The highest BCUT2D eigenvalue weighted by atomic mass is 16.6. The first kappa shape index (κ1) is 22.9. The van der Waals surface area contributed by atoms with Gasteiger partial charge in [-0.3, -0.25) is 9.59 Å². The topological polar surface area (TPSA) is 112 Å². The fourth-order valence-electron chi connectivity index (χ4n) is 2.98. The highest BCUT2D eigenvalue weighted by Gasteiger charge is 2.27. The molecule has 1 atom stereocenters. The number of esters is 2. The van der Waals surface area contributed by atoms with E-state index in [1.54, 1.807) is 45.0 Å². The van der Waals surface area contributed by atoms with Crippen molar-refractivity contribution in [2.75, 3.05) is 13.7 Å². The Morgan fingerprint density at radius 3 is 2.27 bits per heavy atom. The molecule has 2 aromatic rings. The predicted molar refractivity (Wildman–Crippen MR) is 108 cm³/mol. The summed E-state index contributed by atoms with van der Waals surface area (Å²) in [5.41, 5.74) is 1.97. The number of ketones is 2. The van der Waals surface area contributed by atoms with Crippen molar-refractivity contribution in [3.63, 3.8) is 0 Å². The van der Waals surface area contributed by atoms with Gasteiger partial charge in [-0.25, -0.2) is 9.59 Å². The number of nitrogens with one attached hydrogen (secondary N) is 1. The molecule has 8 heteroatoms. The van der Waals surface area contributed by atoms with Crippen molar-refractivity contribution in [3.8, 4) is 5.75 Å². The molecule has 1 aromatic heterocycles. The summed E-state index contributed by atoms with van der Waals surface area (Å²) in [4.78, 5) is 51.0. The Hall–Kier alpha value is -3.42. The van der Waals surface area contributed by atoms with Gasteiger partial charge < -0.3 is 19.2 Å². The first-order chi connectivity index (χ1) is 14.2. The molecule has 0 unspecified atom stereocenters. The van der Waals surface area contributed by atoms with Crippen molar-refractivity contribution < 1.29 is 33.4 Å². The summed E-state index contributed by atoms with van der Waals surface area (Å²) in [5.74, 6) is -1.33. The van der Waals surface area contributed by atoms with Crippen molar-refractivity contribution in [2.45, 2.75) is 40.2 Å². The van der Waals surface area contributed by atoms with Crippen LogP contribution in [0, 0.1) is 13.8 Å². The second-order valence-electron chi connectivity index (χ2n) is 6.70. The highest BCUT2D eigenvalue weighted by Crippen LogP contribution is 2.21. The Kier molecular flexibility index (Phi) is 7.52. The Morgan fingerprint density at radius 1 is 1.07 bits per heavy atom. The number of Topliss-reactive ketones (excluding diaryl/α,β-unsaturated/α-hetero) is 2. The van der Waals surface area contributed by atoms with Gasteiger partial charge in [0.25, 0.3) is 0 Å². The van der Waals surface area contributed by atoms with Gasteiger partial charge >= 0.3 is 11.9 Å². The Morgan fingerprint density at radius 2 is 1.70 bits per heavy atom. The molecule has 0 radical (unpaired) electrons. The van der Waals surface area contributed by atoms with Crippen LogP contribution in [0.1, 0.15) is 62.7 Å². The van der Waals surface area contributed by atoms with E-state index in [2.05, 4.69) is 4.98 Å². The number of hydrogen-bond acceptors (Lipinski definition) is 7. The lowest BCUT2D eigenvalue weighted by atomic mass is 10.1. The van der Waals surface area contributed by atoms with Crippen LogP contribution in [0.25, 0.3) is 0 Å². The maximum absolute atomic E-state index is 12.6. The third kappa shape index (κ3) is 5.14. The van der Waals surface area contributed by atoms with E-state index >= 15 is 0 Å². The number of aromatic amines is 1. The maximum Gasteiger partial charge on any atom is 0.344 e. The molecule has 0 aliphatic heterocycles. The lowest BCUT2D eigenvalue weighted by Crippen LogP contribution is -2.28. The number of aromatic nitrogens is 1. The predicted octanol–water partition coefficient (Wildman–Crippen LogP) is 3.20. The monoisotopic (exact) mass is 415 g/mol. The summed E-state index contributed by atoms with van der Waals surface area (Å²) in [6.45, 7) is 6.10. The molecule has 1 aromatic carbocycles. The second-order valence-corrected chi connectivity index (χ2v) is 6.70. The van der Waals surface area contributed by atoms with E-state index in [-0.39, 0.29) is 17.0 Å². The van der Waals surface area contributed by atoms with E-state index in [0.29, 0.717) is 29.0 Å². The molecule has 2 rings (SSSR count). The molecule has 0 spiro atoms. The SMILES string of the molecule is CCC(=O)c1ccc(OCC(=O)O[C@H](C)C(=O)c2[nH]c(C)c(C(=O)OC)c2C)cc1. The molecule has 0 bridgehead atoms. The molecule has 1 heterocycles. The van der Waals surface area contributed by atoms with Gasteiger partial charge in [0.2, 0.25) is 5.78 Å². The van der Waals surface area contributed by atoms with Crippen molar-refractivity contribution in [2.24, 2.45) is 0 Å². The highest BCUT2D eigenvalue weighted by molar-refractivity contribution is 6.04. The molecule has 0 fully saturated rings. The zero-order chi connectivity index (χ0) is 22.4. The molecule has 0 aliphatic rings. The van der Waals surface area contributed by atoms with Crippen LogP contribution in [0.2, 0.25) is 0 Å². The number of H-pyrrole nitrogens is 1. The van der Waals surface area contributed by atoms with Gasteiger partial charge in [-0.2, -0.15) is 0 Å². The molecule has 0 amide bonds. The van der Waals surface area contributed by atoms with E-state index < -0.39 is 30.4 Å². The maximum atomic E-state index is 12.6. The van der Waals surface area contributed by atoms with Crippen molar-refractivity contribution in [1.29, 1.82) is 0 Å². The van der Waals surface area contributed by atoms with Crippen LogP contribution >= 0.6 is 0 Å². The lowest BCUT2D eigenvalue weighted by molar-refractivity contribution is -0.148. The number of benzene rings is 1. The fourth-order valence-corrected chi connectivity index (χ4v) is 2.98. The lowest BCUT2D eigenvalue weighted by Gasteiger charge is -2.13. The fraction of sp³-hybridized carbons (Fsp3) is 0.364. The summed E-state index contributed by atoms with van der Waals surface area (Å²) in [6, 6.07) is 6.41. The molecule has 160 valence electrons. The van der Waals surface area contributed by atoms with Gasteiger partial charge in [-0.15, -0.1) is 0 Å². The van der Waals surface area contributed by atoms with Crippen LogP contribution in [0.3, 0.4) is 0 Å². The minimum atomic E-state index is -1.08. The number of hydrogen-bond donors (Lipinski definition) is 1. The van der Waals surface area contributed by atoms with Crippen LogP contribution < -0.4 is 4.74 Å². The van der Waals surface area contributed by atoms with Gasteiger partial charge in [0.1, 0.15) is 5.75 Å². The van der Waals surface area contributed by atoms with E-state index in [1.165, 1.54) is 14.0 Å². The first-order valence-electron chi connectivity index (χ1n) is 9.46. The average Bonchev–Trinajstić information content (AvgIpc) is 3.04. The summed E-state index contributed by atoms with van der Waals surface area (Å²) in [6.07, 6.45) is -0.674. The Balaban J connectivity index is 1.96. The number of methoxy groups -OCH3 is 1. The standard InChI is InChI=1S/C22H25NO7/c1-6-17(24)15-7-9-16(10-8-15)29-11-18(25)30-14(4)21(26)20-12(2)19(13(3)23-20)22(27)28-5/h7-10,14,23H,6,11H2,1-5H3/t14-/m1/s1. The summed E-state index contributed by atoms with van der Waals surface area (Å²) in [5, 5.41) is 0. The number of aryl methyl sites for hydroxylation is 1. The second kappa shape index (κ2) is 9.87. The van der Waals surface area contributed by atoms with Gasteiger partial charge in [-0.1, -0.05) is 6.92 Å². The first-order valence-corrected chi connectivity index (χ1v) is 9.46. The minimum Gasteiger partial charge on any atom is -0.482 e. The van der Waals surface area contributed by atoms with Gasteiger partial charge in [-0.05, 0) is 50.6 Å². The smallest absolute Gasteiger partial charge is 0.344 e. The average molecular weight is 415 g/mol. The number of carbonyl (C=O) groups excluding carboxylic acids is 4. The van der Waals surface area contributed by atoms with Crippen LogP contribution in [0.4, 0.5) is 0 Å². The van der Waals surface area contributed by atoms with Crippen LogP contribution in [-0.2, 0) is 14.3 Å². The molecule has 1 N–H and O–H groups in total. The molecular weight excluding hydrogens is 390 g/mol. The summed E-state index contributed by atoms with van der Waals surface area (Å²) < 4.78 is 15.2. The molecular formula is C22H25NO7. The van der Waals surface area contributed by atoms with Gasteiger partial charge in [0.15, 0.2) is 18.5 Å². The summed E-state index contributed by atoms with van der Waals surface area (Å²) >= 11 is 0. The summed E-state index contributed by atoms with van der Waals surface area (Å²) in [7, 11) is 1.26. The third-order valence-corrected chi connectivity index (χ3v) is 4.60. The van der Waals surface area contributed by atoms with E-state index in [4.69, 9.17) is 14.2 Å². The van der Waals surface area contributed by atoms with E-state index in [9.17, 15) is 19.2 Å². The quantitative estimate of drug-likeness (QED) is 0.494. The number of ether oxygens (including phenoxy) is 3. The molecule has 8 nitrogen and oxygen atoms in total. The zero-order valence-corrected chi connectivity index (χ0v) is 17.7. The molecule has 0 saturated heterocycles. The number of carbonyl (C=O) groups is 4. The molecule has 0 aliphatic carbocycles. The van der Waals surface area contributed by atoms with E-state index in [0.717, 1.165) is 0 Å². The van der Waals surface area contributed by atoms with Crippen molar-refractivity contribution >= 4 is 23.5 Å². The van der Waals surface area contributed by atoms with Crippen molar-refractivity contribution in [3.05, 3.63) is 52.3 Å². The zero-order valence-electron chi connectivity index (χ0n) is 17.7. The third-order valence-electron chi connectivity index (χ3n) is 4.60. The van der Waals surface area contributed by atoms with Crippen molar-refractivity contribution in [1.82, 2.24) is 4.98 Å². The van der Waals surface area contributed by atoms with Crippen LogP contribution in [0.15, 0.2) is 24.3 Å².